The summed E-state index contributed by atoms with van der Waals surface area (Å²) in [7, 11) is 0. The van der Waals surface area contributed by atoms with E-state index in [0.29, 0.717) is 18.5 Å². The summed E-state index contributed by atoms with van der Waals surface area (Å²) in [6.45, 7) is 1.87. The zero-order chi connectivity index (χ0) is 13.3. The minimum Gasteiger partial charge on any atom is -0.399 e. The predicted octanol–water partition coefficient (Wildman–Crippen LogP) is 1.45. The largest absolute Gasteiger partial charge is 0.399 e. The van der Waals surface area contributed by atoms with Gasteiger partial charge in [0.15, 0.2) is 0 Å². The van der Waals surface area contributed by atoms with Crippen molar-refractivity contribution in [1.82, 2.24) is 5.06 Å². The summed E-state index contributed by atoms with van der Waals surface area (Å²) in [5.74, 6) is -1.09. The molecule has 0 aliphatic carbocycles. The number of nitrogen functional groups attached to an aromatic ring is 1. The molecule has 1 aromatic rings. The highest BCUT2D eigenvalue weighted by Crippen LogP contribution is 2.38. The molecule has 5 nitrogen and oxygen atoms in total. The lowest BCUT2D eigenvalue weighted by molar-refractivity contribution is -0.189. The molecule has 5 heteroatoms. The number of carbonyl (C=O) groups is 2. The van der Waals surface area contributed by atoms with Crippen LogP contribution in [0.25, 0.3) is 0 Å². The molecular formula is C13H16N2O3. The first-order valence-corrected chi connectivity index (χ1v) is 5.93. The van der Waals surface area contributed by atoms with Crippen LogP contribution in [0.3, 0.4) is 0 Å². The van der Waals surface area contributed by atoms with Gasteiger partial charge < -0.3 is 5.73 Å². The monoisotopic (exact) mass is 248 g/mol. The van der Waals surface area contributed by atoms with Gasteiger partial charge in [-0.3, -0.25) is 14.8 Å². The van der Waals surface area contributed by atoms with Crippen LogP contribution in [-0.2, 0) is 15.0 Å². The Bertz CT molecular complexity index is 484. The summed E-state index contributed by atoms with van der Waals surface area (Å²) in [4.78, 5) is 23.5. The normalized spacial score (nSPS) is 24.4. The average Bonchev–Trinajstić information content (AvgIpc) is 2.38. The fourth-order valence-corrected chi connectivity index (χ4v) is 2.45. The van der Waals surface area contributed by atoms with Crippen molar-refractivity contribution in [1.29, 1.82) is 0 Å². The molecule has 0 spiro atoms. The fraction of sp³-hybridized carbons (Fsp3) is 0.385. The molecule has 18 heavy (non-hydrogen) atoms. The number of carbonyl (C=O) groups excluding carboxylic acids is 2. The Morgan fingerprint density at radius 1 is 1.33 bits per heavy atom. The van der Waals surface area contributed by atoms with Gasteiger partial charge in [0.2, 0.25) is 0 Å². The minimum absolute atomic E-state index is 0.167. The predicted molar refractivity (Wildman–Crippen MR) is 65.7 cm³/mol. The van der Waals surface area contributed by atoms with Crippen molar-refractivity contribution in [3.8, 4) is 0 Å². The molecule has 0 aromatic heterocycles. The first kappa shape index (κ1) is 12.6. The van der Waals surface area contributed by atoms with E-state index in [4.69, 9.17) is 5.73 Å². The van der Waals surface area contributed by atoms with Gasteiger partial charge in [-0.2, -0.15) is 5.06 Å². The van der Waals surface area contributed by atoms with E-state index in [1.165, 1.54) is 0 Å². The number of anilines is 1. The number of hydrogen-bond acceptors (Lipinski definition) is 4. The Balaban J connectivity index is 2.45. The number of hydroxylamine groups is 2. The van der Waals surface area contributed by atoms with Gasteiger partial charge in [0.1, 0.15) is 0 Å². The SMILES string of the molecule is CC[C@@]1(c2ccc(N)cc2)CCC(=O)N(O)C1=O. The fourth-order valence-electron chi connectivity index (χ4n) is 2.45. The third-order valence-electron chi connectivity index (χ3n) is 3.67. The second kappa shape index (κ2) is 4.42. The van der Waals surface area contributed by atoms with Crippen molar-refractivity contribution in [3.05, 3.63) is 29.8 Å². The van der Waals surface area contributed by atoms with Crippen molar-refractivity contribution < 1.29 is 14.8 Å². The number of amides is 2. The van der Waals surface area contributed by atoms with Gasteiger partial charge in [0.25, 0.3) is 11.8 Å². The van der Waals surface area contributed by atoms with E-state index in [0.717, 1.165) is 5.56 Å². The third-order valence-corrected chi connectivity index (χ3v) is 3.67. The quantitative estimate of drug-likeness (QED) is 0.471. The smallest absolute Gasteiger partial charge is 0.263 e. The number of imide groups is 1. The summed E-state index contributed by atoms with van der Waals surface area (Å²) in [5, 5.41) is 9.79. The Morgan fingerprint density at radius 2 is 1.94 bits per heavy atom. The van der Waals surface area contributed by atoms with Gasteiger partial charge in [0, 0.05) is 12.1 Å². The zero-order valence-electron chi connectivity index (χ0n) is 10.2. The van der Waals surface area contributed by atoms with Crippen LogP contribution in [0.15, 0.2) is 24.3 Å². The van der Waals surface area contributed by atoms with Crippen molar-refractivity contribution in [2.75, 3.05) is 5.73 Å². The third kappa shape index (κ3) is 1.76. The van der Waals surface area contributed by atoms with E-state index in [1.807, 2.05) is 6.92 Å². The molecule has 0 saturated carbocycles. The van der Waals surface area contributed by atoms with Crippen LogP contribution in [-0.4, -0.2) is 22.1 Å². The maximum Gasteiger partial charge on any atom is 0.263 e. The van der Waals surface area contributed by atoms with Gasteiger partial charge in [0.05, 0.1) is 5.41 Å². The molecular weight excluding hydrogens is 232 g/mol. The van der Waals surface area contributed by atoms with Gasteiger partial charge >= 0.3 is 0 Å². The van der Waals surface area contributed by atoms with Crippen LogP contribution < -0.4 is 5.73 Å². The number of rotatable bonds is 2. The van der Waals surface area contributed by atoms with Gasteiger partial charge in [-0.25, -0.2) is 0 Å². The van der Waals surface area contributed by atoms with E-state index in [1.54, 1.807) is 24.3 Å². The highest BCUT2D eigenvalue weighted by atomic mass is 16.5. The molecule has 1 saturated heterocycles. The Morgan fingerprint density at radius 3 is 2.50 bits per heavy atom. The average molecular weight is 248 g/mol. The van der Waals surface area contributed by atoms with Gasteiger partial charge in [-0.1, -0.05) is 19.1 Å². The van der Waals surface area contributed by atoms with E-state index in [-0.39, 0.29) is 11.5 Å². The lowest BCUT2D eigenvalue weighted by Crippen LogP contribution is -2.52. The van der Waals surface area contributed by atoms with Crippen LogP contribution in [0.1, 0.15) is 31.7 Å². The summed E-state index contributed by atoms with van der Waals surface area (Å²) < 4.78 is 0. The molecule has 0 radical (unpaired) electrons. The molecule has 1 fully saturated rings. The topological polar surface area (TPSA) is 83.6 Å². The lowest BCUT2D eigenvalue weighted by atomic mass is 9.71. The van der Waals surface area contributed by atoms with Crippen LogP contribution >= 0.6 is 0 Å². The highest BCUT2D eigenvalue weighted by Gasteiger charge is 2.46. The molecule has 0 bridgehead atoms. The van der Waals surface area contributed by atoms with Crippen LogP contribution in [0.5, 0.6) is 0 Å². The van der Waals surface area contributed by atoms with E-state index in [2.05, 4.69) is 0 Å². The van der Waals surface area contributed by atoms with Crippen molar-refractivity contribution in [2.24, 2.45) is 0 Å². The first-order valence-electron chi connectivity index (χ1n) is 5.93. The highest BCUT2D eigenvalue weighted by molar-refractivity contribution is 6.02. The molecule has 1 aliphatic heterocycles. The number of hydrogen-bond donors (Lipinski definition) is 2. The Hall–Kier alpha value is -1.88. The molecule has 1 heterocycles. The minimum atomic E-state index is -0.823. The number of piperidine rings is 1. The summed E-state index contributed by atoms with van der Waals surface area (Å²) in [5.41, 5.74) is 6.21. The molecule has 1 atom stereocenters. The van der Waals surface area contributed by atoms with Gasteiger partial charge in [-0.15, -0.1) is 0 Å². The maximum absolute atomic E-state index is 12.2. The van der Waals surface area contributed by atoms with E-state index >= 15 is 0 Å². The van der Waals surface area contributed by atoms with Crippen molar-refractivity contribution in [3.63, 3.8) is 0 Å². The number of benzene rings is 1. The lowest BCUT2D eigenvalue weighted by Gasteiger charge is -2.37. The summed E-state index contributed by atoms with van der Waals surface area (Å²) >= 11 is 0. The molecule has 2 rings (SSSR count). The van der Waals surface area contributed by atoms with Gasteiger partial charge in [-0.05, 0) is 30.5 Å². The molecule has 1 aliphatic rings. The molecule has 0 unspecified atom stereocenters. The first-order chi connectivity index (χ1) is 8.51. The van der Waals surface area contributed by atoms with Crippen molar-refractivity contribution >= 4 is 17.5 Å². The number of nitrogens with two attached hydrogens (primary N) is 1. The molecule has 96 valence electrons. The summed E-state index contributed by atoms with van der Waals surface area (Å²) in [6, 6.07) is 7.00. The Labute approximate surface area is 105 Å². The van der Waals surface area contributed by atoms with E-state index < -0.39 is 17.2 Å². The second-order valence-electron chi connectivity index (χ2n) is 4.57. The molecule has 3 N–H and O–H groups in total. The maximum atomic E-state index is 12.2. The molecule has 2 amide bonds. The second-order valence-corrected chi connectivity index (χ2v) is 4.57. The van der Waals surface area contributed by atoms with Crippen molar-refractivity contribution in [2.45, 2.75) is 31.6 Å². The number of nitrogens with zero attached hydrogens (tertiary/aromatic N) is 1. The molecule has 1 aromatic carbocycles. The van der Waals surface area contributed by atoms with Crippen LogP contribution in [0.2, 0.25) is 0 Å². The summed E-state index contributed by atoms with van der Waals surface area (Å²) in [6.07, 6.45) is 1.11. The Kier molecular flexibility index (Phi) is 3.09. The standard InChI is InChI=1S/C13H16N2O3/c1-2-13(9-3-5-10(14)6-4-9)8-7-11(16)15(18)12(13)17/h3-6,18H,2,7-8,14H2,1H3/t13-/m0/s1. The van der Waals surface area contributed by atoms with Crippen LogP contribution in [0, 0.1) is 0 Å². The van der Waals surface area contributed by atoms with E-state index in [9.17, 15) is 14.8 Å². The zero-order valence-corrected chi connectivity index (χ0v) is 10.2. The van der Waals surface area contributed by atoms with Crippen LogP contribution in [0.4, 0.5) is 5.69 Å².